The summed E-state index contributed by atoms with van der Waals surface area (Å²) in [4.78, 5) is 0. The summed E-state index contributed by atoms with van der Waals surface area (Å²) in [6.45, 7) is 3.11. The Bertz CT molecular complexity index is 891. The number of nitrogens with one attached hydrogen (secondary N) is 1. The molecule has 0 aliphatic rings. The molecule has 0 bridgehead atoms. The van der Waals surface area contributed by atoms with Crippen LogP contribution in [0.3, 0.4) is 0 Å². The van der Waals surface area contributed by atoms with Crippen LogP contribution < -0.4 is 10.1 Å². The van der Waals surface area contributed by atoms with Crippen molar-refractivity contribution in [2.45, 2.75) is 20.1 Å². The monoisotopic (exact) mass is 405 g/mol. The van der Waals surface area contributed by atoms with Gasteiger partial charge < -0.3 is 10.1 Å². The molecule has 5 heteroatoms. The van der Waals surface area contributed by atoms with Crippen LogP contribution in [-0.4, -0.2) is 0 Å². The summed E-state index contributed by atoms with van der Waals surface area (Å²) in [5, 5.41) is 5.14. The second-order valence-electron chi connectivity index (χ2n) is 6.04. The molecule has 0 spiro atoms. The van der Waals surface area contributed by atoms with Crippen molar-refractivity contribution >= 4 is 40.5 Å². The Balaban J connectivity index is 1.73. The first-order chi connectivity index (χ1) is 12.5. The van der Waals surface area contributed by atoms with Gasteiger partial charge in [0.05, 0.1) is 0 Å². The molecule has 0 radical (unpaired) electrons. The van der Waals surface area contributed by atoms with Crippen LogP contribution in [0.1, 0.15) is 16.7 Å². The molecule has 0 unspecified atom stereocenters. The average Bonchev–Trinajstić information content (AvgIpc) is 2.58. The molecule has 1 N–H and O–H groups in total. The van der Waals surface area contributed by atoms with Gasteiger partial charge >= 0.3 is 0 Å². The highest BCUT2D eigenvalue weighted by molar-refractivity contribution is 6.35. The number of ether oxygens (including phenoxy) is 1. The second kappa shape index (κ2) is 8.68. The minimum absolute atomic E-state index is 0.499. The maximum Gasteiger partial charge on any atom is 0.124 e. The zero-order chi connectivity index (χ0) is 18.5. The van der Waals surface area contributed by atoms with Crippen LogP contribution in [0.2, 0.25) is 15.1 Å². The SMILES string of the molecule is Cc1cccc(COc2ccc(Cl)cc2CNc2cc(Cl)cc(Cl)c2)c1. The van der Waals surface area contributed by atoms with Gasteiger partial charge in [0.1, 0.15) is 12.4 Å². The molecular formula is C21H18Cl3NO. The van der Waals surface area contributed by atoms with Crippen LogP contribution in [-0.2, 0) is 13.2 Å². The Labute approximate surface area is 168 Å². The number of rotatable bonds is 6. The van der Waals surface area contributed by atoms with Gasteiger partial charge in [0.15, 0.2) is 0 Å². The molecule has 134 valence electrons. The number of anilines is 1. The zero-order valence-corrected chi connectivity index (χ0v) is 16.5. The smallest absolute Gasteiger partial charge is 0.124 e. The van der Waals surface area contributed by atoms with Crippen molar-refractivity contribution in [3.05, 3.63) is 92.4 Å². The quantitative estimate of drug-likeness (QED) is 0.469. The van der Waals surface area contributed by atoms with E-state index < -0.39 is 0 Å². The highest BCUT2D eigenvalue weighted by Crippen LogP contribution is 2.27. The minimum Gasteiger partial charge on any atom is -0.489 e. The van der Waals surface area contributed by atoms with Crippen LogP contribution >= 0.6 is 34.8 Å². The van der Waals surface area contributed by atoms with Gasteiger partial charge in [-0.25, -0.2) is 0 Å². The third-order valence-corrected chi connectivity index (χ3v) is 4.52. The Morgan fingerprint density at radius 3 is 2.35 bits per heavy atom. The van der Waals surface area contributed by atoms with Crippen molar-refractivity contribution in [3.63, 3.8) is 0 Å². The summed E-state index contributed by atoms with van der Waals surface area (Å²) in [5.41, 5.74) is 4.13. The predicted molar refractivity (Wildman–Crippen MR) is 111 cm³/mol. The molecular weight excluding hydrogens is 389 g/mol. The van der Waals surface area contributed by atoms with E-state index in [0.29, 0.717) is 28.2 Å². The van der Waals surface area contributed by atoms with E-state index in [1.807, 2.05) is 36.4 Å². The van der Waals surface area contributed by atoms with E-state index in [0.717, 1.165) is 22.6 Å². The number of aryl methyl sites for hydroxylation is 1. The summed E-state index contributed by atoms with van der Waals surface area (Å²) >= 11 is 18.3. The molecule has 0 heterocycles. The Morgan fingerprint density at radius 2 is 1.62 bits per heavy atom. The third kappa shape index (κ3) is 5.31. The van der Waals surface area contributed by atoms with Gasteiger partial charge in [0.25, 0.3) is 0 Å². The molecule has 0 atom stereocenters. The van der Waals surface area contributed by atoms with E-state index in [4.69, 9.17) is 39.5 Å². The molecule has 2 nitrogen and oxygen atoms in total. The lowest BCUT2D eigenvalue weighted by Crippen LogP contribution is -2.04. The molecule has 0 aromatic heterocycles. The van der Waals surface area contributed by atoms with E-state index in [-0.39, 0.29) is 0 Å². The van der Waals surface area contributed by atoms with Crippen molar-refractivity contribution in [1.29, 1.82) is 0 Å². The van der Waals surface area contributed by atoms with Crippen LogP contribution in [0, 0.1) is 6.92 Å². The molecule has 0 saturated carbocycles. The summed E-state index contributed by atoms with van der Waals surface area (Å²) in [6, 6.07) is 19.2. The second-order valence-corrected chi connectivity index (χ2v) is 7.35. The molecule has 0 fully saturated rings. The summed E-state index contributed by atoms with van der Waals surface area (Å²) in [7, 11) is 0. The first kappa shape index (κ1) is 18.9. The van der Waals surface area contributed by atoms with E-state index in [1.165, 1.54) is 5.56 Å². The molecule has 0 aliphatic heterocycles. The van der Waals surface area contributed by atoms with Crippen LogP contribution in [0.5, 0.6) is 5.75 Å². The van der Waals surface area contributed by atoms with E-state index in [1.54, 1.807) is 6.07 Å². The molecule has 3 aromatic carbocycles. The minimum atomic E-state index is 0.499. The van der Waals surface area contributed by atoms with Gasteiger partial charge in [-0.3, -0.25) is 0 Å². The van der Waals surface area contributed by atoms with Gasteiger partial charge in [-0.15, -0.1) is 0 Å². The van der Waals surface area contributed by atoms with Crippen molar-refractivity contribution in [1.82, 2.24) is 0 Å². The highest BCUT2D eigenvalue weighted by Gasteiger charge is 2.07. The Kier molecular flexibility index (Phi) is 6.31. The number of hydrogen-bond acceptors (Lipinski definition) is 2. The summed E-state index contributed by atoms with van der Waals surface area (Å²) in [5.74, 6) is 0.788. The maximum absolute atomic E-state index is 6.16. The lowest BCUT2D eigenvalue weighted by Gasteiger charge is -2.14. The highest BCUT2D eigenvalue weighted by atomic mass is 35.5. The summed E-state index contributed by atoms with van der Waals surface area (Å²) < 4.78 is 6.02. The first-order valence-electron chi connectivity index (χ1n) is 8.16. The van der Waals surface area contributed by atoms with Crippen molar-refractivity contribution in [2.24, 2.45) is 0 Å². The van der Waals surface area contributed by atoms with E-state index in [2.05, 4.69) is 30.4 Å². The fourth-order valence-electron chi connectivity index (χ4n) is 2.64. The van der Waals surface area contributed by atoms with Gasteiger partial charge in [-0.2, -0.15) is 0 Å². The fourth-order valence-corrected chi connectivity index (χ4v) is 3.36. The van der Waals surface area contributed by atoms with E-state index >= 15 is 0 Å². The topological polar surface area (TPSA) is 21.3 Å². The third-order valence-electron chi connectivity index (χ3n) is 3.84. The lowest BCUT2D eigenvalue weighted by molar-refractivity contribution is 0.303. The first-order valence-corrected chi connectivity index (χ1v) is 9.30. The molecule has 3 rings (SSSR count). The normalized spacial score (nSPS) is 10.6. The molecule has 0 aliphatic carbocycles. The molecule has 26 heavy (non-hydrogen) atoms. The fraction of sp³-hybridized carbons (Fsp3) is 0.143. The average molecular weight is 407 g/mol. The standard InChI is InChI=1S/C21H18Cl3NO/c1-14-3-2-4-15(7-14)13-26-21-6-5-17(22)8-16(21)12-25-20-10-18(23)9-19(24)11-20/h2-11,25H,12-13H2,1H3. The van der Waals surface area contributed by atoms with Gasteiger partial charge in [-0.1, -0.05) is 64.6 Å². The maximum atomic E-state index is 6.16. The van der Waals surface area contributed by atoms with Crippen LogP contribution in [0.4, 0.5) is 5.69 Å². The Morgan fingerprint density at radius 1 is 0.846 bits per heavy atom. The zero-order valence-electron chi connectivity index (χ0n) is 14.2. The number of hydrogen-bond donors (Lipinski definition) is 1. The molecule has 0 saturated heterocycles. The number of benzene rings is 3. The van der Waals surface area contributed by atoms with Gasteiger partial charge in [0, 0.05) is 32.9 Å². The lowest BCUT2D eigenvalue weighted by atomic mass is 10.1. The summed E-state index contributed by atoms with van der Waals surface area (Å²) in [6.07, 6.45) is 0. The Hall–Kier alpha value is -1.87. The largest absolute Gasteiger partial charge is 0.489 e. The van der Waals surface area contributed by atoms with Gasteiger partial charge in [-0.05, 0) is 48.9 Å². The predicted octanol–water partition coefficient (Wildman–Crippen LogP) is 7.15. The van der Waals surface area contributed by atoms with Crippen LogP contribution in [0.15, 0.2) is 60.7 Å². The van der Waals surface area contributed by atoms with E-state index in [9.17, 15) is 0 Å². The molecule has 3 aromatic rings. The van der Waals surface area contributed by atoms with Crippen molar-refractivity contribution < 1.29 is 4.74 Å². The van der Waals surface area contributed by atoms with Crippen molar-refractivity contribution in [2.75, 3.05) is 5.32 Å². The molecule has 0 amide bonds. The van der Waals surface area contributed by atoms with Crippen molar-refractivity contribution in [3.8, 4) is 5.75 Å². The van der Waals surface area contributed by atoms with Gasteiger partial charge in [0.2, 0.25) is 0 Å². The van der Waals surface area contributed by atoms with Crippen LogP contribution in [0.25, 0.3) is 0 Å². The number of halogens is 3.